The maximum atomic E-state index is 14.4. The highest BCUT2D eigenvalue weighted by Gasteiger charge is 2.70. The third-order valence-electron chi connectivity index (χ3n) is 5.65. The number of furan rings is 1. The van der Waals surface area contributed by atoms with Crippen LogP contribution in [-0.2, 0) is 14.9 Å². The smallest absolute Gasteiger partial charge is 0.405 e. The van der Waals surface area contributed by atoms with Crippen molar-refractivity contribution in [3.8, 4) is 0 Å². The number of fused-ring (bicyclic) bond motifs is 1. The Morgan fingerprint density at radius 2 is 1.85 bits per heavy atom. The zero-order valence-electron chi connectivity index (χ0n) is 15.7. The fourth-order valence-electron chi connectivity index (χ4n) is 4.28. The van der Waals surface area contributed by atoms with E-state index < -0.39 is 28.9 Å². The molecule has 0 saturated heterocycles. The number of para-hydroxylation sites is 1. The van der Waals surface area contributed by atoms with Gasteiger partial charge in [0.05, 0.1) is 12.9 Å². The molecule has 2 atom stereocenters. The first-order valence-corrected chi connectivity index (χ1v) is 8.78. The van der Waals surface area contributed by atoms with Crippen molar-refractivity contribution >= 4 is 16.9 Å². The molecule has 1 aromatic heterocycles. The molecule has 0 amide bonds. The SMILES string of the molecule is CCOC(=O)C(C)(C(F)(F)F)C(CC)(c1cccc2ccoc12)C(C)C. The minimum absolute atomic E-state index is 0.0965. The molecule has 1 heterocycles. The van der Waals surface area contributed by atoms with Crippen LogP contribution in [0.4, 0.5) is 13.2 Å². The summed E-state index contributed by atoms with van der Waals surface area (Å²) in [6, 6.07) is 6.80. The number of carbonyl (C=O) groups is 1. The van der Waals surface area contributed by atoms with Crippen molar-refractivity contribution in [2.24, 2.45) is 11.3 Å². The molecule has 2 aromatic rings. The molecule has 26 heavy (non-hydrogen) atoms. The number of hydrogen-bond acceptors (Lipinski definition) is 3. The number of alkyl halides is 3. The van der Waals surface area contributed by atoms with Crippen LogP contribution >= 0.6 is 0 Å². The molecule has 0 fully saturated rings. The number of halogens is 3. The van der Waals surface area contributed by atoms with Crippen LogP contribution < -0.4 is 0 Å². The zero-order valence-corrected chi connectivity index (χ0v) is 15.7. The van der Waals surface area contributed by atoms with Crippen LogP contribution in [0, 0.1) is 11.3 Å². The Labute approximate surface area is 151 Å². The molecule has 1 aromatic carbocycles. The highest BCUT2D eigenvalue weighted by Crippen LogP contribution is 2.59. The van der Waals surface area contributed by atoms with Crippen LogP contribution in [0.5, 0.6) is 0 Å². The summed E-state index contributed by atoms with van der Waals surface area (Å²) in [6.45, 7) is 7.42. The molecule has 3 nitrogen and oxygen atoms in total. The van der Waals surface area contributed by atoms with Crippen molar-refractivity contribution in [1.29, 1.82) is 0 Å². The Morgan fingerprint density at radius 3 is 2.35 bits per heavy atom. The zero-order chi connectivity index (χ0) is 19.8. The molecular formula is C20H25F3O3. The topological polar surface area (TPSA) is 39.4 Å². The van der Waals surface area contributed by atoms with E-state index in [0.29, 0.717) is 16.5 Å². The maximum Gasteiger partial charge on any atom is 0.405 e. The van der Waals surface area contributed by atoms with Crippen molar-refractivity contribution in [2.45, 2.75) is 52.6 Å². The molecule has 0 radical (unpaired) electrons. The molecule has 0 N–H and O–H groups in total. The fraction of sp³-hybridized carbons (Fsp3) is 0.550. The molecule has 0 bridgehead atoms. The molecule has 2 rings (SSSR count). The Balaban J connectivity index is 2.92. The lowest BCUT2D eigenvalue weighted by molar-refractivity contribution is -0.254. The van der Waals surface area contributed by atoms with Gasteiger partial charge in [-0.1, -0.05) is 39.0 Å². The van der Waals surface area contributed by atoms with Crippen molar-refractivity contribution < 1.29 is 27.1 Å². The van der Waals surface area contributed by atoms with E-state index in [2.05, 4.69) is 0 Å². The van der Waals surface area contributed by atoms with E-state index in [0.717, 1.165) is 6.92 Å². The van der Waals surface area contributed by atoms with Crippen LogP contribution in [0.1, 0.15) is 46.6 Å². The van der Waals surface area contributed by atoms with Gasteiger partial charge in [0.15, 0.2) is 5.41 Å². The lowest BCUT2D eigenvalue weighted by Gasteiger charge is -2.50. The molecule has 0 aliphatic carbocycles. The van der Waals surface area contributed by atoms with E-state index in [-0.39, 0.29) is 13.0 Å². The van der Waals surface area contributed by atoms with Gasteiger partial charge in [0.25, 0.3) is 0 Å². The lowest BCUT2D eigenvalue weighted by atomic mass is 9.53. The van der Waals surface area contributed by atoms with E-state index in [1.807, 2.05) is 0 Å². The van der Waals surface area contributed by atoms with Crippen molar-refractivity contribution in [3.05, 3.63) is 36.1 Å². The second kappa shape index (κ2) is 6.97. The fourth-order valence-corrected chi connectivity index (χ4v) is 4.28. The molecule has 0 spiro atoms. The summed E-state index contributed by atoms with van der Waals surface area (Å²) in [5, 5.41) is 0.703. The average molecular weight is 370 g/mol. The van der Waals surface area contributed by atoms with Crippen molar-refractivity contribution in [3.63, 3.8) is 0 Å². The highest BCUT2D eigenvalue weighted by molar-refractivity contribution is 5.85. The second-order valence-corrected chi connectivity index (χ2v) is 6.97. The van der Waals surface area contributed by atoms with Gasteiger partial charge in [-0.05, 0) is 32.3 Å². The van der Waals surface area contributed by atoms with Gasteiger partial charge >= 0.3 is 12.1 Å². The Hall–Kier alpha value is -1.98. The average Bonchev–Trinajstić information content (AvgIpc) is 3.03. The number of rotatable bonds is 6. The molecule has 0 saturated carbocycles. The van der Waals surface area contributed by atoms with Gasteiger partial charge in [-0.25, -0.2) is 0 Å². The second-order valence-electron chi connectivity index (χ2n) is 6.97. The first kappa shape index (κ1) is 20.3. The van der Waals surface area contributed by atoms with Gasteiger partial charge in [-0.3, -0.25) is 4.79 Å². The molecule has 2 unspecified atom stereocenters. The Morgan fingerprint density at radius 1 is 1.19 bits per heavy atom. The van der Waals surface area contributed by atoms with Crippen LogP contribution in [0.3, 0.4) is 0 Å². The quantitative estimate of drug-likeness (QED) is 0.597. The predicted octanol–water partition coefficient (Wildman–Crippen LogP) is 5.87. The minimum atomic E-state index is -4.80. The third kappa shape index (κ3) is 2.70. The standard InChI is InChI=1S/C20H25F3O3/c1-6-19(13(3)4,15-10-8-9-14-11-12-26-16(14)15)18(5,20(21,22)23)17(24)25-7-2/h8-13H,6-7H2,1-5H3. The Kier molecular flexibility index (Phi) is 5.45. The third-order valence-corrected chi connectivity index (χ3v) is 5.65. The minimum Gasteiger partial charge on any atom is -0.465 e. The van der Waals surface area contributed by atoms with Gasteiger partial charge in [0, 0.05) is 16.4 Å². The van der Waals surface area contributed by atoms with E-state index in [1.165, 1.54) is 13.2 Å². The highest BCUT2D eigenvalue weighted by atomic mass is 19.4. The summed E-state index contributed by atoms with van der Waals surface area (Å²) in [4.78, 5) is 12.7. The molecule has 144 valence electrons. The summed E-state index contributed by atoms with van der Waals surface area (Å²) < 4.78 is 53.7. The van der Waals surface area contributed by atoms with E-state index >= 15 is 0 Å². The lowest BCUT2D eigenvalue weighted by Crippen LogP contribution is -2.60. The number of benzene rings is 1. The largest absolute Gasteiger partial charge is 0.465 e. The number of hydrogen-bond donors (Lipinski definition) is 0. The predicted molar refractivity (Wildman–Crippen MR) is 93.8 cm³/mol. The first-order chi connectivity index (χ1) is 12.1. The Bertz CT molecular complexity index is 778. The van der Waals surface area contributed by atoms with Gasteiger partial charge in [-0.2, -0.15) is 13.2 Å². The molecule has 6 heteroatoms. The summed E-state index contributed by atoms with van der Waals surface area (Å²) >= 11 is 0. The van der Waals surface area contributed by atoms with Crippen LogP contribution in [-0.4, -0.2) is 18.8 Å². The van der Waals surface area contributed by atoms with Gasteiger partial charge in [-0.15, -0.1) is 0 Å². The summed E-state index contributed by atoms with van der Waals surface area (Å²) in [6.07, 6.45) is -3.25. The van der Waals surface area contributed by atoms with Gasteiger partial charge in [0.1, 0.15) is 5.58 Å². The number of carbonyl (C=O) groups excluding carboxylic acids is 1. The monoisotopic (exact) mass is 370 g/mol. The summed E-state index contributed by atoms with van der Waals surface area (Å²) in [7, 11) is 0. The van der Waals surface area contributed by atoms with E-state index in [1.54, 1.807) is 45.0 Å². The van der Waals surface area contributed by atoms with E-state index in [9.17, 15) is 18.0 Å². The molecular weight excluding hydrogens is 345 g/mol. The van der Waals surface area contributed by atoms with Gasteiger partial charge < -0.3 is 9.15 Å². The van der Waals surface area contributed by atoms with Crippen LogP contribution in [0.25, 0.3) is 11.0 Å². The summed E-state index contributed by atoms with van der Waals surface area (Å²) in [5.74, 6) is -1.76. The van der Waals surface area contributed by atoms with E-state index in [4.69, 9.17) is 9.15 Å². The first-order valence-electron chi connectivity index (χ1n) is 8.78. The van der Waals surface area contributed by atoms with Crippen LogP contribution in [0.2, 0.25) is 0 Å². The molecule has 0 aliphatic rings. The number of esters is 1. The van der Waals surface area contributed by atoms with Gasteiger partial charge in [0.2, 0.25) is 0 Å². The number of ether oxygens (including phenoxy) is 1. The maximum absolute atomic E-state index is 14.4. The van der Waals surface area contributed by atoms with Crippen molar-refractivity contribution in [2.75, 3.05) is 6.61 Å². The summed E-state index contributed by atoms with van der Waals surface area (Å²) in [5.41, 5.74) is -3.51. The van der Waals surface area contributed by atoms with Crippen LogP contribution in [0.15, 0.2) is 34.9 Å². The molecule has 0 aliphatic heterocycles. The van der Waals surface area contributed by atoms with Crippen molar-refractivity contribution in [1.82, 2.24) is 0 Å². The normalized spacial score (nSPS) is 17.1.